The van der Waals surface area contributed by atoms with E-state index in [9.17, 15) is 0 Å². The van der Waals surface area contributed by atoms with Gasteiger partial charge in [0.05, 0.1) is 12.1 Å². The third-order valence-electron chi connectivity index (χ3n) is 2.37. The molecule has 0 fully saturated rings. The lowest BCUT2D eigenvalue weighted by Crippen LogP contribution is -2.37. The van der Waals surface area contributed by atoms with Crippen molar-refractivity contribution >= 4 is 5.69 Å². The summed E-state index contributed by atoms with van der Waals surface area (Å²) in [5.74, 6) is 0. The van der Waals surface area contributed by atoms with E-state index in [-0.39, 0.29) is 0 Å². The van der Waals surface area contributed by atoms with Gasteiger partial charge in [0.15, 0.2) is 0 Å². The Bertz CT molecular complexity index is 293. The van der Waals surface area contributed by atoms with Crippen LogP contribution in [0.2, 0.25) is 0 Å². The first kappa shape index (κ1) is 12.0. The molecule has 3 nitrogen and oxygen atoms in total. The molecule has 0 heterocycles. The molecule has 0 saturated heterocycles. The topological polar surface area (TPSA) is 47.3 Å². The Morgan fingerprint density at radius 3 is 2.40 bits per heavy atom. The highest BCUT2D eigenvalue weighted by atomic mass is 16.5. The number of hydrogen-bond acceptors (Lipinski definition) is 3. The standard InChI is InChI=1S/C12H20N2O/c1-4-14-11-7-5-10(6-8-11)12(2,13)9-15-3/h5-8,14H,4,9,13H2,1-3H3. The average molecular weight is 208 g/mol. The lowest BCUT2D eigenvalue weighted by atomic mass is 9.94. The first-order valence-electron chi connectivity index (χ1n) is 5.22. The van der Waals surface area contributed by atoms with Crippen LogP contribution in [0.5, 0.6) is 0 Å². The van der Waals surface area contributed by atoms with Crippen molar-refractivity contribution in [3.8, 4) is 0 Å². The van der Waals surface area contributed by atoms with Crippen molar-refractivity contribution in [2.45, 2.75) is 19.4 Å². The van der Waals surface area contributed by atoms with Crippen molar-refractivity contribution in [1.82, 2.24) is 0 Å². The largest absolute Gasteiger partial charge is 0.385 e. The zero-order valence-corrected chi connectivity index (χ0v) is 9.71. The third-order valence-corrected chi connectivity index (χ3v) is 2.37. The van der Waals surface area contributed by atoms with Gasteiger partial charge in [0.2, 0.25) is 0 Å². The van der Waals surface area contributed by atoms with Gasteiger partial charge in [-0.15, -0.1) is 0 Å². The first-order chi connectivity index (χ1) is 7.10. The molecule has 15 heavy (non-hydrogen) atoms. The second-order valence-corrected chi connectivity index (χ2v) is 3.96. The molecule has 0 aromatic heterocycles. The maximum absolute atomic E-state index is 6.13. The van der Waals surface area contributed by atoms with E-state index in [0.29, 0.717) is 6.61 Å². The summed E-state index contributed by atoms with van der Waals surface area (Å²) >= 11 is 0. The van der Waals surface area contributed by atoms with Crippen LogP contribution in [0.15, 0.2) is 24.3 Å². The number of ether oxygens (including phenoxy) is 1. The smallest absolute Gasteiger partial charge is 0.0681 e. The lowest BCUT2D eigenvalue weighted by molar-refractivity contribution is 0.141. The molecule has 1 aromatic carbocycles. The molecular formula is C12H20N2O. The molecule has 1 aromatic rings. The summed E-state index contributed by atoms with van der Waals surface area (Å²) in [6, 6.07) is 8.16. The summed E-state index contributed by atoms with van der Waals surface area (Å²) in [6.07, 6.45) is 0. The Labute approximate surface area is 91.6 Å². The summed E-state index contributed by atoms with van der Waals surface area (Å²) in [5, 5.41) is 3.25. The minimum atomic E-state index is -0.417. The summed E-state index contributed by atoms with van der Waals surface area (Å²) in [4.78, 5) is 0. The van der Waals surface area contributed by atoms with E-state index in [1.165, 1.54) is 0 Å². The fourth-order valence-electron chi connectivity index (χ4n) is 1.56. The molecule has 1 atom stereocenters. The molecule has 0 amide bonds. The van der Waals surface area contributed by atoms with Crippen LogP contribution in [0.1, 0.15) is 19.4 Å². The summed E-state index contributed by atoms with van der Waals surface area (Å²) in [6.45, 7) is 5.50. The third kappa shape index (κ3) is 3.22. The number of benzene rings is 1. The molecule has 3 N–H and O–H groups in total. The molecule has 0 spiro atoms. The van der Waals surface area contributed by atoms with Crippen LogP contribution in [0.4, 0.5) is 5.69 Å². The van der Waals surface area contributed by atoms with Crippen molar-refractivity contribution in [2.75, 3.05) is 25.6 Å². The predicted molar refractivity (Wildman–Crippen MR) is 64.0 cm³/mol. The van der Waals surface area contributed by atoms with Gasteiger partial charge in [-0.3, -0.25) is 0 Å². The summed E-state index contributed by atoms with van der Waals surface area (Å²) in [7, 11) is 1.66. The zero-order valence-electron chi connectivity index (χ0n) is 9.71. The van der Waals surface area contributed by atoms with E-state index < -0.39 is 5.54 Å². The average Bonchev–Trinajstić information content (AvgIpc) is 2.19. The predicted octanol–water partition coefficient (Wildman–Crippen LogP) is 1.94. The van der Waals surface area contributed by atoms with E-state index in [1.54, 1.807) is 7.11 Å². The first-order valence-corrected chi connectivity index (χ1v) is 5.22. The Hall–Kier alpha value is -1.06. The molecule has 0 bridgehead atoms. The number of nitrogens with one attached hydrogen (secondary N) is 1. The van der Waals surface area contributed by atoms with Crippen LogP contribution in [-0.4, -0.2) is 20.3 Å². The van der Waals surface area contributed by atoms with Crippen molar-refractivity contribution in [3.05, 3.63) is 29.8 Å². The molecule has 1 unspecified atom stereocenters. The number of anilines is 1. The highest BCUT2D eigenvalue weighted by molar-refractivity contribution is 5.45. The zero-order chi connectivity index (χ0) is 11.3. The van der Waals surface area contributed by atoms with Crippen LogP contribution in [0.3, 0.4) is 0 Å². The number of hydrogen-bond donors (Lipinski definition) is 2. The maximum Gasteiger partial charge on any atom is 0.0681 e. The Balaban J connectivity index is 2.78. The molecule has 0 aliphatic rings. The Morgan fingerprint density at radius 2 is 1.93 bits per heavy atom. The van der Waals surface area contributed by atoms with Gasteiger partial charge in [-0.05, 0) is 31.5 Å². The molecule has 3 heteroatoms. The van der Waals surface area contributed by atoms with Crippen molar-refractivity contribution < 1.29 is 4.74 Å². The fourth-order valence-corrected chi connectivity index (χ4v) is 1.56. The van der Waals surface area contributed by atoms with Gasteiger partial charge in [-0.25, -0.2) is 0 Å². The van der Waals surface area contributed by atoms with Crippen molar-refractivity contribution in [2.24, 2.45) is 5.73 Å². The minimum Gasteiger partial charge on any atom is -0.385 e. The van der Waals surface area contributed by atoms with E-state index in [2.05, 4.69) is 12.2 Å². The second kappa shape index (κ2) is 5.14. The van der Waals surface area contributed by atoms with Gasteiger partial charge in [-0.1, -0.05) is 12.1 Å². The maximum atomic E-state index is 6.13. The van der Waals surface area contributed by atoms with Gasteiger partial charge in [-0.2, -0.15) is 0 Å². The van der Waals surface area contributed by atoms with Crippen LogP contribution in [0, 0.1) is 0 Å². The van der Waals surface area contributed by atoms with Gasteiger partial charge in [0.1, 0.15) is 0 Å². The highest BCUT2D eigenvalue weighted by Gasteiger charge is 2.20. The van der Waals surface area contributed by atoms with E-state index in [0.717, 1.165) is 17.8 Å². The van der Waals surface area contributed by atoms with Crippen molar-refractivity contribution in [3.63, 3.8) is 0 Å². The molecule has 0 aliphatic heterocycles. The van der Waals surface area contributed by atoms with Crippen LogP contribution in [0.25, 0.3) is 0 Å². The molecule has 0 radical (unpaired) electrons. The minimum absolute atomic E-state index is 0.417. The molecule has 1 rings (SSSR count). The quantitative estimate of drug-likeness (QED) is 0.777. The molecule has 0 saturated carbocycles. The highest BCUT2D eigenvalue weighted by Crippen LogP contribution is 2.20. The SMILES string of the molecule is CCNc1ccc(C(C)(N)COC)cc1. The van der Waals surface area contributed by atoms with E-state index in [1.807, 2.05) is 31.2 Å². The van der Waals surface area contributed by atoms with Crippen LogP contribution in [-0.2, 0) is 10.3 Å². The van der Waals surface area contributed by atoms with Crippen LogP contribution >= 0.6 is 0 Å². The Morgan fingerprint density at radius 1 is 1.33 bits per heavy atom. The van der Waals surface area contributed by atoms with E-state index >= 15 is 0 Å². The van der Waals surface area contributed by atoms with Gasteiger partial charge in [0, 0.05) is 19.3 Å². The summed E-state index contributed by atoms with van der Waals surface area (Å²) < 4.78 is 5.10. The molecule has 0 aliphatic carbocycles. The van der Waals surface area contributed by atoms with Gasteiger partial charge >= 0.3 is 0 Å². The summed E-state index contributed by atoms with van der Waals surface area (Å²) in [5.41, 5.74) is 7.92. The fraction of sp³-hybridized carbons (Fsp3) is 0.500. The Kier molecular flexibility index (Phi) is 4.12. The number of nitrogens with two attached hydrogens (primary N) is 1. The van der Waals surface area contributed by atoms with E-state index in [4.69, 9.17) is 10.5 Å². The molecular weight excluding hydrogens is 188 g/mol. The van der Waals surface area contributed by atoms with Gasteiger partial charge in [0.25, 0.3) is 0 Å². The van der Waals surface area contributed by atoms with Crippen LogP contribution < -0.4 is 11.1 Å². The normalized spacial score (nSPS) is 14.7. The lowest BCUT2D eigenvalue weighted by Gasteiger charge is -2.24. The second-order valence-electron chi connectivity index (χ2n) is 3.96. The molecule has 84 valence electrons. The van der Waals surface area contributed by atoms with Crippen molar-refractivity contribution in [1.29, 1.82) is 0 Å². The monoisotopic (exact) mass is 208 g/mol. The van der Waals surface area contributed by atoms with Gasteiger partial charge < -0.3 is 15.8 Å². The number of rotatable bonds is 5. The number of methoxy groups -OCH3 is 1.